The molecule has 0 amide bonds. The lowest BCUT2D eigenvalue weighted by Gasteiger charge is -2.38. The van der Waals surface area contributed by atoms with Gasteiger partial charge in [0, 0.05) is 22.9 Å². The van der Waals surface area contributed by atoms with Gasteiger partial charge in [0.2, 0.25) is 0 Å². The first-order chi connectivity index (χ1) is 16.8. The molecule has 3 aliphatic rings. The largest absolute Gasteiger partial charge is 0.494 e. The van der Waals surface area contributed by atoms with Crippen LogP contribution in [0.2, 0.25) is 0 Å². The van der Waals surface area contributed by atoms with Crippen molar-refractivity contribution in [1.82, 2.24) is 5.32 Å². The van der Waals surface area contributed by atoms with Crippen LogP contribution in [-0.4, -0.2) is 37.5 Å². The van der Waals surface area contributed by atoms with Crippen molar-refractivity contribution in [2.75, 3.05) is 13.7 Å². The summed E-state index contributed by atoms with van der Waals surface area (Å²) >= 11 is 0. The van der Waals surface area contributed by atoms with Crippen molar-refractivity contribution < 1.29 is 28.6 Å². The van der Waals surface area contributed by atoms with Crippen LogP contribution in [0.15, 0.2) is 46.8 Å². The third-order valence-electron chi connectivity index (χ3n) is 7.29. The molecule has 3 atom stereocenters. The number of benzene rings is 1. The Balaban J connectivity index is 1.79. The zero-order valence-corrected chi connectivity index (χ0v) is 21.0. The van der Waals surface area contributed by atoms with Crippen LogP contribution >= 0.6 is 0 Å². The summed E-state index contributed by atoms with van der Waals surface area (Å²) in [6.45, 7) is 6.13. The molecule has 35 heavy (non-hydrogen) atoms. The summed E-state index contributed by atoms with van der Waals surface area (Å²) in [5.74, 6) is -2.40. The van der Waals surface area contributed by atoms with Gasteiger partial charge in [0.05, 0.1) is 19.3 Å². The Labute approximate surface area is 206 Å². The second-order valence-electron chi connectivity index (χ2n) is 9.71. The maximum Gasteiger partial charge on any atom is 0.337 e. The van der Waals surface area contributed by atoms with Gasteiger partial charge >= 0.3 is 11.9 Å². The summed E-state index contributed by atoms with van der Waals surface area (Å²) in [4.78, 5) is 40.0. The van der Waals surface area contributed by atoms with Gasteiger partial charge in [0.25, 0.3) is 0 Å². The van der Waals surface area contributed by atoms with E-state index < -0.39 is 23.8 Å². The second-order valence-corrected chi connectivity index (χ2v) is 9.71. The SMILES string of the molecule is CCOc1cccc([C@@H]2C(C(=O)OC3CCCCC3)=C(C)NC3=C2C(=O)[C@@H](C(=O)OC)[C@@H](C)C3)c1. The number of ether oxygens (including phenoxy) is 3. The van der Waals surface area contributed by atoms with Crippen molar-refractivity contribution in [2.24, 2.45) is 11.8 Å². The molecule has 1 aliphatic heterocycles. The fourth-order valence-corrected chi connectivity index (χ4v) is 5.63. The van der Waals surface area contributed by atoms with Gasteiger partial charge in [-0.25, -0.2) is 4.79 Å². The van der Waals surface area contributed by atoms with Crippen LogP contribution in [0.1, 0.15) is 70.8 Å². The van der Waals surface area contributed by atoms with Crippen molar-refractivity contribution in [1.29, 1.82) is 0 Å². The van der Waals surface area contributed by atoms with E-state index in [2.05, 4.69) is 5.32 Å². The van der Waals surface area contributed by atoms with Crippen LogP contribution in [0.25, 0.3) is 0 Å². The molecule has 1 N–H and O–H groups in total. The number of rotatable bonds is 6. The lowest BCUT2D eigenvalue weighted by atomic mass is 9.69. The van der Waals surface area contributed by atoms with Crippen LogP contribution in [-0.2, 0) is 23.9 Å². The monoisotopic (exact) mass is 481 g/mol. The number of Topliss-reactive ketones (excluding diaryl/α,β-unsaturated/α-hetero) is 1. The van der Waals surface area contributed by atoms with Crippen LogP contribution < -0.4 is 10.1 Å². The summed E-state index contributed by atoms with van der Waals surface area (Å²) in [7, 11) is 1.30. The number of methoxy groups -OCH3 is 1. The summed E-state index contributed by atoms with van der Waals surface area (Å²) < 4.78 is 16.7. The lowest BCUT2D eigenvalue weighted by Crippen LogP contribution is -2.43. The maximum absolute atomic E-state index is 13.8. The van der Waals surface area contributed by atoms with E-state index in [9.17, 15) is 14.4 Å². The van der Waals surface area contributed by atoms with Crippen molar-refractivity contribution in [3.8, 4) is 5.75 Å². The van der Waals surface area contributed by atoms with E-state index in [1.165, 1.54) is 7.11 Å². The van der Waals surface area contributed by atoms with Gasteiger partial charge in [0.1, 0.15) is 17.8 Å². The van der Waals surface area contributed by atoms with Crippen molar-refractivity contribution >= 4 is 17.7 Å². The third-order valence-corrected chi connectivity index (χ3v) is 7.29. The highest BCUT2D eigenvalue weighted by atomic mass is 16.5. The third kappa shape index (κ3) is 5.00. The first kappa shape index (κ1) is 25.0. The van der Waals surface area contributed by atoms with Crippen molar-refractivity contribution in [3.63, 3.8) is 0 Å². The first-order valence-electron chi connectivity index (χ1n) is 12.6. The molecule has 4 rings (SSSR count). The van der Waals surface area contributed by atoms with Gasteiger partial charge in [-0.1, -0.05) is 25.5 Å². The highest BCUT2D eigenvalue weighted by Gasteiger charge is 2.47. The zero-order chi connectivity index (χ0) is 25.1. The molecule has 1 aromatic rings. The van der Waals surface area contributed by atoms with Crippen LogP contribution in [0.5, 0.6) is 5.75 Å². The molecule has 7 nitrogen and oxygen atoms in total. The van der Waals surface area contributed by atoms with Crippen molar-refractivity contribution in [2.45, 2.75) is 71.3 Å². The van der Waals surface area contributed by atoms with Gasteiger partial charge < -0.3 is 19.5 Å². The molecule has 1 fully saturated rings. The highest BCUT2D eigenvalue weighted by molar-refractivity contribution is 6.12. The van der Waals surface area contributed by atoms with E-state index in [0.29, 0.717) is 35.6 Å². The lowest BCUT2D eigenvalue weighted by molar-refractivity contribution is -0.151. The number of carbonyl (C=O) groups excluding carboxylic acids is 3. The minimum Gasteiger partial charge on any atom is -0.494 e. The van der Waals surface area contributed by atoms with Gasteiger partial charge in [0.15, 0.2) is 5.78 Å². The average molecular weight is 482 g/mol. The Morgan fingerprint density at radius 3 is 2.57 bits per heavy atom. The molecule has 0 bridgehead atoms. The number of hydrogen-bond donors (Lipinski definition) is 1. The molecule has 2 aliphatic carbocycles. The summed E-state index contributed by atoms with van der Waals surface area (Å²) in [6.07, 6.45) is 5.33. The summed E-state index contributed by atoms with van der Waals surface area (Å²) in [5.41, 5.74) is 3.03. The zero-order valence-electron chi connectivity index (χ0n) is 21.0. The molecular weight excluding hydrogens is 446 g/mol. The predicted octanol–water partition coefficient (Wildman–Crippen LogP) is 4.57. The Kier molecular flexibility index (Phi) is 7.63. The van der Waals surface area contributed by atoms with Gasteiger partial charge in [-0.15, -0.1) is 0 Å². The quantitative estimate of drug-likeness (QED) is 0.470. The summed E-state index contributed by atoms with van der Waals surface area (Å²) in [6, 6.07) is 7.46. The molecule has 188 valence electrons. The number of allylic oxidation sites excluding steroid dienone is 3. The number of ketones is 1. The van der Waals surface area contributed by atoms with Gasteiger partial charge in [-0.2, -0.15) is 0 Å². The predicted molar refractivity (Wildman–Crippen MR) is 130 cm³/mol. The van der Waals surface area contributed by atoms with Gasteiger partial charge in [-0.3, -0.25) is 9.59 Å². The molecule has 0 unspecified atom stereocenters. The molecule has 0 radical (unpaired) electrons. The van der Waals surface area contributed by atoms with Crippen LogP contribution in [0, 0.1) is 11.8 Å². The molecule has 1 saturated carbocycles. The van der Waals surface area contributed by atoms with E-state index in [-0.39, 0.29) is 17.8 Å². The van der Waals surface area contributed by atoms with Crippen molar-refractivity contribution in [3.05, 3.63) is 52.4 Å². The number of esters is 2. The van der Waals surface area contributed by atoms with Crippen LogP contribution in [0.4, 0.5) is 0 Å². The molecule has 1 heterocycles. The fraction of sp³-hybridized carbons (Fsp3) is 0.536. The van der Waals surface area contributed by atoms with E-state index in [0.717, 1.165) is 43.4 Å². The highest BCUT2D eigenvalue weighted by Crippen LogP contribution is 2.46. The molecule has 0 spiro atoms. The standard InChI is InChI=1S/C28H35NO6/c1-5-34-20-13-9-10-18(15-20)24-23(28(32)35-19-11-7-6-8-12-19)17(3)29-21-14-16(2)22(27(31)33-4)26(30)25(21)24/h9-10,13,15-16,19,22,24,29H,5-8,11-12,14H2,1-4H3/t16-,22-,24+/m0/s1. The topological polar surface area (TPSA) is 90.9 Å². The number of hydrogen-bond acceptors (Lipinski definition) is 7. The molecule has 7 heteroatoms. The Hall–Kier alpha value is -3.09. The molecule has 0 saturated heterocycles. The number of carbonyl (C=O) groups is 3. The minimum absolute atomic E-state index is 0.118. The summed E-state index contributed by atoms with van der Waals surface area (Å²) in [5, 5.41) is 3.32. The Morgan fingerprint density at radius 1 is 1.14 bits per heavy atom. The van der Waals surface area contributed by atoms with Crippen LogP contribution in [0.3, 0.4) is 0 Å². The van der Waals surface area contributed by atoms with E-state index in [1.807, 2.05) is 45.0 Å². The maximum atomic E-state index is 13.8. The van der Waals surface area contributed by atoms with E-state index in [1.54, 1.807) is 0 Å². The normalized spacial score (nSPS) is 25.0. The molecule has 0 aromatic heterocycles. The average Bonchev–Trinajstić information content (AvgIpc) is 2.84. The smallest absolute Gasteiger partial charge is 0.337 e. The molecular formula is C28H35NO6. The fourth-order valence-electron chi connectivity index (χ4n) is 5.63. The number of dihydropyridines is 1. The minimum atomic E-state index is -0.910. The second kappa shape index (κ2) is 10.7. The van der Waals surface area contributed by atoms with E-state index >= 15 is 0 Å². The first-order valence-corrected chi connectivity index (χ1v) is 12.6. The number of nitrogens with one attached hydrogen (secondary N) is 1. The Morgan fingerprint density at radius 2 is 1.89 bits per heavy atom. The molecule has 1 aromatic carbocycles. The Bertz CT molecular complexity index is 1060. The van der Waals surface area contributed by atoms with Gasteiger partial charge in [-0.05, 0) is 69.6 Å². The van der Waals surface area contributed by atoms with E-state index in [4.69, 9.17) is 14.2 Å².